The lowest BCUT2D eigenvalue weighted by Crippen LogP contribution is -2.34. The molecule has 1 aliphatic carbocycles. The van der Waals surface area contributed by atoms with Crippen molar-refractivity contribution in [3.05, 3.63) is 0 Å². The van der Waals surface area contributed by atoms with Crippen LogP contribution in [0.5, 0.6) is 0 Å². The molecule has 1 fully saturated rings. The van der Waals surface area contributed by atoms with Gasteiger partial charge in [-0.25, -0.2) is 0 Å². The maximum absolute atomic E-state index is 6.05. The van der Waals surface area contributed by atoms with Gasteiger partial charge in [0.25, 0.3) is 0 Å². The fraction of sp³-hybridized carbons (Fsp3) is 1.00. The maximum Gasteiger partial charge on any atom is 0.0782 e. The van der Waals surface area contributed by atoms with Gasteiger partial charge in [-0.1, -0.05) is 35.7 Å². The Morgan fingerprint density at radius 3 is 2.42 bits per heavy atom. The number of halogens is 1. The third kappa shape index (κ3) is 2.46. The minimum absolute atomic E-state index is 0.176. The lowest BCUT2D eigenvalue weighted by Gasteiger charge is -2.30. The molecule has 0 N–H and O–H groups in total. The van der Waals surface area contributed by atoms with Crippen LogP contribution in [0.25, 0.3) is 0 Å². The first-order chi connectivity index (χ1) is 5.72. The molecule has 1 nitrogen and oxygen atoms in total. The monoisotopic (exact) mass is 234 g/mol. The molecule has 12 heavy (non-hydrogen) atoms. The molecule has 1 rings (SSSR count). The Balaban J connectivity index is 2.43. The van der Waals surface area contributed by atoms with E-state index in [1.807, 2.05) is 0 Å². The number of rotatable bonds is 4. The van der Waals surface area contributed by atoms with Gasteiger partial charge in [-0.3, -0.25) is 0 Å². The van der Waals surface area contributed by atoms with E-state index in [1.54, 1.807) is 0 Å². The quantitative estimate of drug-likeness (QED) is 0.677. The van der Waals surface area contributed by atoms with Crippen LogP contribution in [-0.4, -0.2) is 17.0 Å². The van der Waals surface area contributed by atoms with E-state index in [0.29, 0.717) is 6.10 Å². The van der Waals surface area contributed by atoms with E-state index in [1.165, 1.54) is 25.7 Å². The van der Waals surface area contributed by atoms with E-state index in [9.17, 15) is 0 Å². The maximum atomic E-state index is 6.05. The van der Waals surface area contributed by atoms with E-state index in [2.05, 4.69) is 29.8 Å². The second-order valence-corrected chi connectivity index (χ2v) is 4.42. The third-order valence-corrected chi connectivity index (χ3v) is 3.81. The fourth-order valence-electron chi connectivity index (χ4n) is 1.81. The van der Waals surface area contributed by atoms with Gasteiger partial charge in [0.05, 0.1) is 11.7 Å². The van der Waals surface area contributed by atoms with E-state index in [-0.39, 0.29) is 5.60 Å². The Kier molecular flexibility index (Phi) is 4.04. The highest BCUT2D eigenvalue weighted by Crippen LogP contribution is 2.35. The smallest absolute Gasteiger partial charge is 0.0782 e. The van der Waals surface area contributed by atoms with Crippen molar-refractivity contribution >= 4 is 15.9 Å². The molecule has 0 aliphatic heterocycles. The van der Waals surface area contributed by atoms with Crippen molar-refractivity contribution in [3.8, 4) is 0 Å². The van der Waals surface area contributed by atoms with Crippen LogP contribution in [0.4, 0.5) is 0 Å². The number of alkyl halides is 1. The molecule has 1 unspecified atom stereocenters. The van der Waals surface area contributed by atoms with E-state index in [0.717, 1.165) is 11.8 Å². The van der Waals surface area contributed by atoms with Crippen molar-refractivity contribution in [1.29, 1.82) is 0 Å². The Morgan fingerprint density at radius 1 is 1.42 bits per heavy atom. The average Bonchev–Trinajstić information content (AvgIpc) is 2.54. The zero-order valence-corrected chi connectivity index (χ0v) is 9.69. The lowest BCUT2D eigenvalue weighted by atomic mass is 10.1. The summed E-state index contributed by atoms with van der Waals surface area (Å²) in [6.07, 6.45) is 6.69. The summed E-state index contributed by atoms with van der Waals surface area (Å²) < 4.78 is 6.05. The Morgan fingerprint density at radius 2 is 2.00 bits per heavy atom. The Labute approximate surface area is 84.0 Å². The highest BCUT2D eigenvalue weighted by Gasteiger charge is 2.34. The van der Waals surface area contributed by atoms with Gasteiger partial charge < -0.3 is 4.74 Å². The average molecular weight is 235 g/mol. The molecule has 0 heterocycles. The van der Waals surface area contributed by atoms with Crippen LogP contribution in [0, 0.1) is 0 Å². The summed E-state index contributed by atoms with van der Waals surface area (Å²) in [5, 5.41) is 1.00. The van der Waals surface area contributed by atoms with Gasteiger partial charge in [0, 0.05) is 5.33 Å². The van der Waals surface area contributed by atoms with Crippen molar-refractivity contribution in [2.75, 3.05) is 5.33 Å². The predicted octanol–water partition coefficient (Wildman–Crippen LogP) is 3.51. The molecule has 0 aromatic carbocycles. The molecule has 0 aromatic heterocycles. The number of hydrogen-bond donors (Lipinski definition) is 0. The summed E-state index contributed by atoms with van der Waals surface area (Å²) in [7, 11) is 0. The number of hydrogen-bond acceptors (Lipinski definition) is 1. The molecule has 0 amide bonds. The van der Waals surface area contributed by atoms with Gasteiger partial charge in [0.2, 0.25) is 0 Å². The van der Waals surface area contributed by atoms with Crippen LogP contribution in [0.1, 0.15) is 46.0 Å². The topological polar surface area (TPSA) is 9.23 Å². The molecule has 1 saturated carbocycles. The fourth-order valence-corrected chi connectivity index (χ4v) is 2.51. The molecule has 0 radical (unpaired) electrons. The van der Waals surface area contributed by atoms with Gasteiger partial charge in [-0.2, -0.15) is 0 Å². The SMILES string of the molecule is CCC(C)OC1(CBr)CCCC1. The molecule has 0 spiro atoms. The van der Waals surface area contributed by atoms with Crippen LogP contribution in [0.3, 0.4) is 0 Å². The highest BCUT2D eigenvalue weighted by molar-refractivity contribution is 9.09. The number of ether oxygens (including phenoxy) is 1. The van der Waals surface area contributed by atoms with E-state index in [4.69, 9.17) is 4.74 Å². The van der Waals surface area contributed by atoms with Gasteiger partial charge >= 0.3 is 0 Å². The van der Waals surface area contributed by atoms with Crippen LogP contribution in [0.15, 0.2) is 0 Å². The van der Waals surface area contributed by atoms with Crippen molar-refractivity contribution in [1.82, 2.24) is 0 Å². The molecule has 0 aromatic rings. The van der Waals surface area contributed by atoms with Crippen molar-refractivity contribution in [2.45, 2.75) is 57.7 Å². The zero-order valence-electron chi connectivity index (χ0n) is 8.11. The van der Waals surface area contributed by atoms with Crippen LogP contribution < -0.4 is 0 Å². The Hall–Kier alpha value is 0.440. The van der Waals surface area contributed by atoms with Gasteiger partial charge in [-0.05, 0) is 26.2 Å². The molecule has 2 heteroatoms. The van der Waals surface area contributed by atoms with Crippen molar-refractivity contribution in [2.24, 2.45) is 0 Å². The standard InChI is InChI=1S/C10H19BrO/c1-3-9(2)12-10(8-11)6-4-5-7-10/h9H,3-8H2,1-2H3. The first kappa shape index (κ1) is 10.5. The van der Waals surface area contributed by atoms with E-state index >= 15 is 0 Å². The first-order valence-corrected chi connectivity index (χ1v) is 6.08. The summed E-state index contributed by atoms with van der Waals surface area (Å²) in [6.45, 7) is 4.35. The summed E-state index contributed by atoms with van der Waals surface area (Å²) >= 11 is 3.57. The largest absolute Gasteiger partial charge is 0.371 e. The van der Waals surface area contributed by atoms with E-state index < -0.39 is 0 Å². The summed E-state index contributed by atoms with van der Waals surface area (Å²) in [4.78, 5) is 0. The molecule has 0 bridgehead atoms. The van der Waals surface area contributed by atoms with Crippen LogP contribution in [-0.2, 0) is 4.74 Å². The van der Waals surface area contributed by atoms with Crippen LogP contribution in [0.2, 0.25) is 0 Å². The molecule has 1 atom stereocenters. The minimum Gasteiger partial charge on any atom is -0.371 e. The van der Waals surface area contributed by atoms with Gasteiger partial charge in [-0.15, -0.1) is 0 Å². The lowest BCUT2D eigenvalue weighted by molar-refractivity contribution is -0.0675. The molecule has 0 saturated heterocycles. The summed E-state index contributed by atoms with van der Waals surface area (Å²) in [5.74, 6) is 0. The third-order valence-electron chi connectivity index (χ3n) is 2.78. The van der Waals surface area contributed by atoms with Gasteiger partial charge in [0.15, 0.2) is 0 Å². The second kappa shape index (κ2) is 4.61. The Bertz CT molecular complexity index is 130. The van der Waals surface area contributed by atoms with Crippen molar-refractivity contribution < 1.29 is 4.74 Å². The molecular weight excluding hydrogens is 216 g/mol. The predicted molar refractivity (Wildman–Crippen MR) is 55.8 cm³/mol. The summed E-state index contributed by atoms with van der Waals surface area (Å²) in [6, 6.07) is 0. The van der Waals surface area contributed by atoms with Crippen LogP contribution >= 0.6 is 15.9 Å². The van der Waals surface area contributed by atoms with Gasteiger partial charge in [0.1, 0.15) is 0 Å². The molecule has 1 aliphatic rings. The zero-order chi connectivity index (χ0) is 9.03. The minimum atomic E-state index is 0.176. The summed E-state index contributed by atoms with van der Waals surface area (Å²) in [5.41, 5.74) is 0.176. The first-order valence-electron chi connectivity index (χ1n) is 4.96. The molecule has 72 valence electrons. The molecular formula is C10H19BrO. The normalized spacial score (nSPS) is 24.2. The highest BCUT2D eigenvalue weighted by atomic mass is 79.9. The second-order valence-electron chi connectivity index (χ2n) is 3.86. The van der Waals surface area contributed by atoms with Crippen molar-refractivity contribution in [3.63, 3.8) is 0 Å².